The number of rotatable bonds is 5. The van der Waals surface area contributed by atoms with Gasteiger partial charge in [-0.05, 0) is 84.1 Å². The van der Waals surface area contributed by atoms with Gasteiger partial charge in [0, 0.05) is 0 Å². The maximum absolute atomic E-state index is 12.9. The van der Waals surface area contributed by atoms with Gasteiger partial charge in [-0.3, -0.25) is 0 Å². The minimum absolute atomic E-state index is 0.544. The van der Waals surface area contributed by atoms with E-state index in [4.69, 9.17) is 0 Å². The Morgan fingerprint density at radius 2 is 1.58 bits per heavy atom. The van der Waals surface area contributed by atoms with Crippen molar-refractivity contribution in [3.8, 4) is 0 Å². The molecule has 0 heterocycles. The van der Waals surface area contributed by atoms with E-state index in [0.717, 1.165) is 24.5 Å². The predicted molar refractivity (Wildman–Crippen MR) is 102 cm³/mol. The summed E-state index contributed by atoms with van der Waals surface area (Å²) >= 11 is 0. The lowest BCUT2D eigenvalue weighted by Gasteiger charge is -2.20. The SMILES string of the molecule is C=C(CCC(=C)c1cccc2c1CCCC2)c1cccc(C(F)(F)F)c1. The van der Waals surface area contributed by atoms with E-state index in [1.54, 1.807) is 6.07 Å². The van der Waals surface area contributed by atoms with Gasteiger partial charge in [0.2, 0.25) is 0 Å². The molecular weight excluding hydrogens is 333 g/mol. The first-order chi connectivity index (χ1) is 12.4. The fourth-order valence-corrected chi connectivity index (χ4v) is 3.61. The molecule has 0 bridgehead atoms. The van der Waals surface area contributed by atoms with E-state index >= 15 is 0 Å². The van der Waals surface area contributed by atoms with E-state index in [2.05, 4.69) is 31.4 Å². The van der Waals surface area contributed by atoms with E-state index in [-0.39, 0.29) is 0 Å². The van der Waals surface area contributed by atoms with Crippen molar-refractivity contribution in [1.82, 2.24) is 0 Å². The minimum Gasteiger partial charge on any atom is -0.166 e. The molecule has 136 valence electrons. The zero-order valence-corrected chi connectivity index (χ0v) is 14.8. The van der Waals surface area contributed by atoms with Crippen LogP contribution in [0, 0.1) is 0 Å². The van der Waals surface area contributed by atoms with Crippen molar-refractivity contribution in [3.05, 3.63) is 83.4 Å². The maximum atomic E-state index is 12.9. The Balaban J connectivity index is 1.70. The number of allylic oxidation sites excluding steroid dienone is 2. The van der Waals surface area contributed by atoms with Crippen molar-refractivity contribution in [2.24, 2.45) is 0 Å². The maximum Gasteiger partial charge on any atom is 0.416 e. The molecule has 0 saturated carbocycles. The Kier molecular flexibility index (Phi) is 5.36. The van der Waals surface area contributed by atoms with E-state index in [1.807, 2.05) is 0 Å². The van der Waals surface area contributed by atoms with Crippen LogP contribution in [0.2, 0.25) is 0 Å². The van der Waals surface area contributed by atoms with Gasteiger partial charge in [0.1, 0.15) is 0 Å². The van der Waals surface area contributed by atoms with Crippen LogP contribution in [0.25, 0.3) is 11.1 Å². The van der Waals surface area contributed by atoms with Gasteiger partial charge in [0.05, 0.1) is 5.56 Å². The van der Waals surface area contributed by atoms with E-state index in [9.17, 15) is 13.2 Å². The zero-order chi connectivity index (χ0) is 18.7. The molecule has 1 aliphatic rings. The topological polar surface area (TPSA) is 0 Å². The van der Waals surface area contributed by atoms with Gasteiger partial charge in [-0.25, -0.2) is 0 Å². The van der Waals surface area contributed by atoms with Crippen LogP contribution in [0.3, 0.4) is 0 Å². The number of hydrogen-bond donors (Lipinski definition) is 0. The molecule has 2 aromatic rings. The number of halogens is 3. The number of fused-ring (bicyclic) bond motifs is 1. The Bertz CT molecular complexity index is 828. The van der Waals surface area contributed by atoms with Crippen molar-refractivity contribution < 1.29 is 13.2 Å². The second kappa shape index (κ2) is 7.53. The first-order valence-electron chi connectivity index (χ1n) is 9.00. The summed E-state index contributed by atoms with van der Waals surface area (Å²) in [4.78, 5) is 0. The van der Waals surface area contributed by atoms with Crippen LogP contribution in [0.15, 0.2) is 55.6 Å². The monoisotopic (exact) mass is 356 g/mol. The first-order valence-corrected chi connectivity index (χ1v) is 9.00. The van der Waals surface area contributed by atoms with E-state index < -0.39 is 11.7 Å². The molecule has 0 nitrogen and oxygen atoms in total. The second-order valence-electron chi connectivity index (χ2n) is 6.94. The van der Waals surface area contributed by atoms with Gasteiger partial charge in [-0.2, -0.15) is 13.2 Å². The third-order valence-electron chi connectivity index (χ3n) is 5.10. The predicted octanol–water partition coefficient (Wildman–Crippen LogP) is 7.09. The molecule has 0 fully saturated rings. The molecule has 0 spiro atoms. The Morgan fingerprint density at radius 3 is 2.35 bits per heavy atom. The standard InChI is InChI=1S/C23H23F3/c1-16(19-9-5-10-20(15-19)23(24,25)26)13-14-17(2)21-12-6-8-18-7-3-4-11-22(18)21/h5-6,8-10,12,15H,1-4,7,11,13-14H2. The molecule has 0 atom stereocenters. The Hall–Kier alpha value is -2.29. The van der Waals surface area contributed by atoms with E-state index in [0.29, 0.717) is 24.0 Å². The molecule has 0 saturated heterocycles. The van der Waals surface area contributed by atoms with Crippen molar-refractivity contribution in [3.63, 3.8) is 0 Å². The summed E-state index contributed by atoms with van der Waals surface area (Å²) in [6.07, 6.45) is 1.61. The molecular formula is C23H23F3. The summed E-state index contributed by atoms with van der Waals surface area (Å²) in [5.74, 6) is 0. The van der Waals surface area contributed by atoms with Crippen LogP contribution in [0.4, 0.5) is 13.2 Å². The smallest absolute Gasteiger partial charge is 0.166 e. The quantitative estimate of drug-likeness (QED) is 0.536. The Labute approximate surface area is 153 Å². The molecule has 3 rings (SSSR count). The summed E-state index contributed by atoms with van der Waals surface area (Å²) in [6, 6.07) is 11.8. The van der Waals surface area contributed by atoms with Crippen molar-refractivity contribution in [2.45, 2.75) is 44.7 Å². The minimum atomic E-state index is -4.33. The van der Waals surface area contributed by atoms with Gasteiger partial charge in [0.25, 0.3) is 0 Å². The van der Waals surface area contributed by atoms with Crippen molar-refractivity contribution in [2.75, 3.05) is 0 Å². The average Bonchev–Trinajstić information content (AvgIpc) is 2.64. The number of benzene rings is 2. The van der Waals surface area contributed by atoms with Gasteiger partial charge >= 0.3 is 6.18 Å². The number of alkyl halides is 3. The average molecular weight is 356 g/mol. The fraction of sp³-hybridized carbons (Fsp3) is 0.304. The number of aryl methyl sites for hydroxylation is 1. The largest absolute Gasteiger partial charge is 0.416 e. The fourth-order valence-electron chi connectivity index (χ4n) is 3.61. The third-order valence-corrected chi connectivity index (χ3v) is 5.10. The van der Waals surface area contributed by atoms with Crippen LogP contribution in [0.5, 0.6) is 0 Å². The van der Waals surface area contributed by atoms with Crippen molar-refractivity contribution in [1.29, 1.82) is 0 Å². The lowest BCUT2D eigenvalue weighted by Crippen LogP contribution is -2.06. The zero-order valence-electron chi connectivity index (χ0n) is 14.8. The van der Waals surface area contributed by atoms with Crippen LogP contribution in [-0.4, -0.2) is 0 Å². The van der Waals surface area contributed by atoms with E-state index in [1.165, 1.54) is 41.7 Å². The van der Waals surface area contributed by atoms with Crippen LogP contribution in [-0.2, 0) is 19.0 Å². The lowest BCUT2D eigenvalue weighted by molar-refractivity contribution is -0.137. The van der Waals surface area contributed by atoms with Gasteiger partial charge in [0.15, 0.2) is 0 Å². The normalized spacial score (nSPS) is 14.0. The van der Waals surface area contributed by atoms with Gasteiger partial charge in [-0.15, -0.1) is 0 Å². The van der Waals surface area contributed by atoms with Crippen molar-refractivity contribution >= 4 is 11.1 Å². The lowest BCUT2D eigenvalue weighted by atomic mass is 9.85. The molecule has 1 aliphatic carbocycles. The summed E-state index contributed by atoms with van der Waals surface area (Å²) in [6.45, 7) is 8.23. The molecule has 0 N–H and O–H groups in total. The highest BCUT2D eigenvalue weighted by Gasteiger charge is 2.30. The molecule has 0 unspecified atom stereocenters. The van der Waals surface area contributed by atoms with Gasteiger partial charge in [-0.1, -0.05) is 43.5 Å². The first kappa shape index (κ1) is 18.5. The van der Waals surface area contributed by atoms with Crippen LogP contribution in [0.1, 0.15) is 53.5 Å². The Morgan fingerprint density at radius 1 is 0.885 bits per heavy atom. The highest BCUT2D eigenvalue weighted by Crippen LogP contribution is 2.34. The highest BCUT2D eigenvalue weighted by molar-refractivity contribution is 5.71. The second-order valence-corrected chi connectivity index (χ2v) is 6.94. The number of hydrogen-bond acceptors (Lipinski definition) is 0. The van der Waals surface area contributed by atoms with Crippen LogP contribution < -0.4 is 0 Å². The molecule has 0 aliphatic heterocycles. The third kappa shape index (κ3) is 4.09. The summed E-state index contributed by atoms with van der Waals surface area (Å²) in [5, 5.41) is 0. The molecule has 26 heavy (non-hydrogen) atoms. The summed E-state index contributed by atoms with van der Waals surface area (Å²) < 4.78 is 38.6. The van der Waals surface area contributed by atoms with Crippen LogP contribution >= 0.6 is 0 Å². The molecule has 0 radical (unpaired) electrons. The summed E-state index contributed by atoms with van der Waals surface area (Å²) in [5.41, 5.74) is 5.67. The van der Waals surface area contributed by atoms with Gasteiger partial charge < -0.3 is 0 Å². The highest BCUT2D eigenvalue weighted by atomic mass is 19.4. The summed E-state index contributed by atoms with van der Waals surface area (Å²) in [7, 11) is 0. The molecule has 0 aromatic heterocycles. The molecule has 3 heteroatoms. The molecule has 0 amide bonds. The molecule has 2 aromatic carbocycles.